The maximum absolute atomic E-state index is 12.4. The van der Waals surface area contributed by atoms with Crippen molar-refractivity contribution in [3.05, 3.63) is 62.6 Å². The first kappa shape index (κ1) is 18.1. The van der Waals surface area contributed by atoms with E-state index in [0.717, 1.165) is 10.0 Å². The number of amides is 1. The quantitative estimate of drug-likeness (QED) is 0.577. The van der Waals surface area contributed by atoms with Crippen LogP contribution in [0.4, 0.5) is 5.69 Å². The molecule has 122 valence electrons. The summed E-state index contributed by atoms with van der Waals surface area (Å²) in [5.41, 5.74) is 1.90. The summed E-state index contributed by atoms with van der Waals surface area (Å²) >= 11 is 9.41. The molecular formula is C18H14BrClN2O2. The average molecular weight is 406 g/mol. The number of nitrogens with one attached hydrogen (secondary N) is 1. The minimum atomic E-state index is -0.509. The highest BCUT2D eigenvalue weighted by Crippen LogP contribution is 2.26. The molecule has 0 radical (unpaired) electrons. The fraction of sp³-hybridized carbons (Fsp3) is 0.111. The Labute approximate surface area is 153 Å². The summed E-state index contributed by atoms with van der Waals surface area (Å²) in [6.45, 7) is 1.80. The van der Waals surface area contributed by atoms with Crippen LogP contribution in [0.1, 0.15) is 11.1 Å². The van der Waals surface area contributed by atoms with Crippen LogP contribution in [0.25, 0.3) is 6.08 Å². The zero-order chi connectivity index (χ0) is 17.7. The van der Waals surface area contributed by atoms with Gasteiger partial charge in [-0.2, -0.15) is 5.26 Å². The van der Waals surface area contributed by atoms with Crippen LogP contribution in [-0.4, -0.2) is 13.0 Å². The summed E-state index contributed by atoms with van der Waals surface area (Å²) in [6, 6.07) is 12.5. The number of hydrogen-bond donors (Lipinski definition) is 1. The van der Waals surface area contributed by atoms with E-state index in [4.69, 9.17) is 16.3 Å². The normalized spacial score (nSPS) is 10.9. The van der Waals surface area contributed by atoms with E-state index in [1.165, 1.54) is 13.2 Å². The van der Waals surface area contributed by atoms with Gasteiger partial charge in [-0.25, -0.2) is 0 Å². The first-order chi connectivity index (χ1) is 11.5. The van der Waals surface area contributed by atoms with E-state index < -0.39 is 5.91 Å². The minimum absolute atomic E-state index is 0.0363. The third kappa shape index (κ3) is 4.16. The Morgan fingerprint density at radius 2 is 2.12 bits per heavy atom. The number of hydrogen-bond acceptors (Lipinski definition) is 3. The van der Waals surface area contributed by atoms with Gasteiger partial charge in [-0.15, -0.1) is 0 Å². The van der Waals surface area contributed by atoms with Gasteiger partial charge in [-0.05, 0) is 48.9 Å². The number of ether oxygens (including phenoxy) is 1. The molecule has 6 heteroatoms. The number of carbonyl (C=O) groups excluding carboxylic acids is 1. The standard InChI is InChI=1S/C18H14BrClN2O2/c1-11-15(20)4-3-5-16(11)22-18(23)13(10-21)8-12-9-14(19)6-7-17(12)24-2/h3-9H,1-2H3,(H,22,23)/b13-8+. The highest BCUT2D eigenvalue weighted by atomic mass is 79.9. The van der Waals surface area contributed by atoms with Crippen molar-refractivity contribution in [2.75, 3.05) is 12.4 Å². The second-order valence-electron chi connectivity index (χ2n) is 4.92. The fourth-order valence-electron chi connectivity index (χ4n) is 2.05. The summed E-state index contributed by atoms with van der Waals surface area (Å²) in [6.07, 6.45) is 1.48. The number of anilines is 1. The van der Waals surface area contributed by atoms with Gasteiger partial charge in [-0.1, -0.05) is 33.6 Å². The molecule has 0 atom stereocenters. The number of carbonyl (C=O) groups is 1. The van der Waals surface area contributed by atoms with Crippen molar-refractivity contribution < 1.29 is 9.53 Å². The van der Waals surface area contributed by atoms with Gasteiger partial charge in [0.05, 0.1) is 7.11 Å². The van der Waals surface area contributed by atoms with Crippen molar-refractivity contribution in [2.45, 2.75) is 6.92 Å². The van der Waals surface area contributed by atoms with Gasteiger partial charge in [0.25, 0.3) is 5.91 Å². The zero-order valence-corrected chi connectivity index (χ0v) is 15.4. The van der Waals surface area contributed by atoms with Crippen LogP contribution in [0, 0.1) is 18.3 Å². The van der Waals surface area contributed by atoms with Gasteiger partial charge in [-0.3, -0.25) is 4.79 Å². The lowest BCUT2D eigenvalue weighted by Gasteiger charge is -2.09. The summed E-state index contributed by atoms with van der Waals surface area (Å²) in [5, 5.41) is 12.6. The summed E-state index contributed by atoms with van der Waals surface area (Å²) in [5.74, 6) is 0.0579. The Hall–Kier alpha value is -2.29. The second kappa shape index (κ2) is 8.00. The van der Waals surface area contributed by atoms with Crippen LogP contribution >= 0.6 is 27.5 Å². The van der Waals surface area contributed by atoms with Gasteiger partial charge in [0, 0.05) is 20.7 Å². The first-order valence-corrected chi connectivity index (χ1v) is 8.15. The molecule has 0 spiro atoms. The van der Waals surface area contributed by atoms with Crippen LogP contribution in [0.2, 0.25) is 5.02 Å². The SMILES string of the molecule is COc1ccc(Br)cc1/C=C(\C#N)C(=O)Nc1cccc(Cl)c1C. The van der Waals surface area contributed by atoms with E-state index in [0.29, 0.717) is 22.0 Å². The lowest BCUT2D eigenvalue weighted by molar-refractivity contribution is -0.112. The largest absolute Gasteiger partial charge is 0.496 e. The van der Waals surface area contributed by atoms with E-state index in [2.05, 4.69) is 21.2 Å². The zero-order valence-electron chi connectivity index (χ0n) is 13.1. The van der Waals surface area contributed by atoms with Gasteiger partial charge in [0.15, 0.2) is 0 Å². The van der Waals surface area contributed by atoms with Gasteiger partial charge >= 0.3 is 0 Å². The van der Waals surface area contributed by atoms with Crippen LogP contribution in [0.5, 0.6) is 5.75 Å². The Balaban J connectivity index is 2.35. The maximum atomic E-state index is 12.4. The number of benzene rings is 2. The van der Waals surface area contributed by atoms with E-state index in [-0.39, 0.29) is 5.57 Å². The smallest absolute Gasteiger partial charge is 0.266 e. The molecule has 0 aliphatic carbocycles. The van der Waals surface area contributed by atoms with E-state index in [1.807, 2.05) is 12.1 Å². The molecule has 2 aromatic carbocycles. The van der Waals surface area contributed by atoms with Crippen LogP contribution in [0.15, 0.2) is 46.4 Å². The van der Waals surface area contributed by atoms with Crippen molar-refractivity contribution in [2.24, 2.45) is 0 Å². The molecule has 4 nitrogen and oxygen atoms in total. The molecule has 1 amide bonds. The molecule has 1 N–H and O–H groups in total. The highest BCUT2D eigenvalue weighted by Gasteiger charge is 2.13. The Bertz CT molecular complexity index is 857. The van der Waals surface area contributed by atoms with Crippen molar-refractivity contribution in [1.82, 2.24) is 0 Å². The number of halogens is 2. The van der Waals surface area contributed by atoms with Crippen LogP contribution in [0.3, 0.4) is 0 Å². The highest BCUT2D eigenvalue weighted by molar-refractivity contribution is 9.10. The molecule has 0 heterocycles. The minimum Gasteiger partial charge on any atom is -0.496 e. The van der Waals surface area contributed by atoms with E-state index in [9.17, 15) is 10.1 Å². The summed E-state index contributed by atoms with van der Waals surface area (Å²) in [4.78, 5) is 12.4. The Kier molecular flexibility index (Phi) is 6.02. The molecule has 0 unspecified atom stereocenters. The molecule has 0 saturated heterocycles. The first-order valence-electron chi connectivity index (χ1n) is 6.98. The lowest BCUT2D eigenvalue weighted by atomic mass is 10.1. The van der Waals surface area contributed by atoms with Crippen molar-refractivity contribution in [1.29, 1.82) is 5.26 Å². The van der Waals surface area contributed by atoms with Crippen molar-refractivity contribution in [3.8, 4) is 11.8 Å². The molecule has 0 aliphatic rings. The molecule has 0 saturated carbocycles. The molecule has 24 heavy (non-hydrogen) atoms. The average Bonchev–Trinajstić information content (AvgIpc) is 2.56. The van der Waals surface area contributed by atoms with Gasteiger partial charge in [0.2, 0.25) is 0 Å². The number of rotatable bonds is 4. The molecular weight excluding hydrogens is 392 g/mol. The maximum Gasteiger partial charge on any atom is 0.266 e. The molecule has 0 bridgehead atoms. The van der Waals surface area contributed by atoms with Crippen LogP contribution in [-0.2, 0) is 4.79 Å². The lowest BCUT2D eigenvalue weighted by Crippen LogP contribution is -2.14. The number of nitriles is 1. The van der Waals surface area contributed by atoms with Crippen molar-refractivity contribution >= 4 is 45.2 Å². The van der Waals surface area contributed by atoms with E-state index >= 15 is 0 Å². The molecule has 2 aromatic rings. The number of nitrogens with zero attached hydrogens (tertiary/aromatic N) is 1. The molecule has 0 aromatic heterocycles. The summed E-state index contributed by atoms with van der Waals surface area (Å²) in [7, 11) is 1.53. The Morgan fingerprint density at radius 3 is 2.79 bits per heavy atom. The number of methoxy groups -OCH3 is 1. The summed E-state index contributed by atoms with van der Waals surface area (Å²) < 4.78 is 6.07. The third-order valence-corrected chi connectivity index (χ3v) is 4.28. The van der Waals surface area contributed by atoms with Gasteiger partial charge in [0.1, 0.15) is 17.4 Å². The predicted octanol–water partition coefficient (Wildman–Crippen LogP) is 4.97. The van der Waals surface area contributed by atoms with E-state index in [1.54, 1.807) is 37.3 Å². The van der Waals surface area contributed by atoms with Crippen LogP contribution < -0.4 is 10.1 Å². The third-order valence-electron chi connectivity index (χ3n) is 3.37. The molecule has 2 rings (SSSR count). The monoisotopic (exact) mass is 404 g/mol. The van der Waals surface area contributed by atoms with Crippen molar-refractivity contribution in [3.63, 3.8) is 0 Å². The second-order valence-corrected chi connectivity index (χ2v) is 6.25. The van der Waals surface area contributed by atoms with Gasteiger partial charge < -0.3 is 10.1 Å². The predicted molar refractivity (Wildman–Crippen MR) is 99.1 cm³/mol. The molecule has 0 aliphatic heterocycles. The Morgan fingerprint density at radius 1 is 1.38 bits per heavy atom. The molecule has 0 fully saturated rings. The fourth-order valence-corrected chi connectivity index (χ4v) is 2.61. The topological polar surface area (TPSA) is 62.1 Å².